The van der Waals surface area contributed by atoms with Gasteiger partial charge < -0.3 is 10.4 Å². The van der Waals surface area contributed by atoms with Crippen LogP contribution in [0.5, 0.6) is 0 Å². The van der Waals surface area contributed by atoms with E-state index in [0.29, 0.717) is 6.04 Å². The largest absolute Gasteiger partial charge is 0.392 e. The van der Waals surface area contributed by atoms with E-state index in [1.165, 1.54) is 12.8 Å². The van der Waals surface area contributed by atoms with E-state index in [4.69, 9.17) is 0 Å². The molecule has 1 aromatic rings. The highest BCUT2D eigenvalue weighted by Gasteiger charge is 2.22. The molecule has 96 valence electrons. The highest BCUT2D eigenvalue weighted by atomic mass is 16.3. The van der Waals surface area contributed by atoms with Crippen molar-refractivity contribution in [1.29, 1.82) is 0 Å². The second-order valence-corrected chi connectivity index (χ2v) is 5.11. The summed E-state index contributed by atoms with van der Waals surface area (Å²) in [7, 11) is 0. The van der Waals surface area contributed by atoms with Crippen LogP contribution in [0.15, 0.2) is 18.5 Å². The van der Waals surface area contributed by atoms with Crippen LogP contribution in [0.2, 0.25) is 0 Å². The Morgan fingerprint density at radius 2 is 2.24 bits per heavy atom. The fourth-order valence-corrected chi connectivity index (χ4v) is 2.59. The fourth-order valence-electron chi connectivity index (χ4n) is 2.59. The lowest BCUT2D eigenvalue weighted by molar-refractivity contribution is 0.113. The molecule has 0 spiro atoms. The van der Waals surface area contributed by atoms with Gasteiger partial charge in [-0.2, -0.15) is 5.10 Å². The summed E-state index contributed by atoms with van der Waals surface area (Å²) in [5, 5.41) is 17.8. The van der Waals surface area contributed by atoms with E-state index in [-0.39, 0.29) is 12.1 Å². The van der Waals surface area contributed by atoms with Gasteiger partial charge in [0.15, 0.2) is 0 Å². The number of rotatable bonds is 4. The van der Waals surface area contributed by atoms with E-state index >= 15 is 0 Å². The predicted molar refractivity (Wildman–Crippen MR) is 67.7 cm³/mol. The van der Waals surface area contributed by atoms with Gasteiger partial charge in [-0.1, -0.05) is 19.3 Å². The standard InChI is InChI=1S/C13H23N3O/c1-11(10-16-9-5-8-14-16)15-12-6-3-2-4-7-13(12)17/h5,8-9,11-13,15,17H,2-4,6-7,10H2,1H3. The molecule has 0 radical (unpaired) electrons. The Balaban J connectivity index is 1.82. The van der Waals surface area contributed by atoms with E-state index in [0.717, 1.165) is 25.8 Å². The summed E-state index contributed by atoms with van der Waals surface area (Å²) in [5.74, 6) is 0. The smallest absolute Gasteiger partial charge is 0.0693 e. The van der Waals surface area contributed by atoms with E-state index in [1.54, 1.807) is 6.20 Å². The lowest BCUT2D eigenvalue weighted by atomic mass is 10.1. The van der Waals surface area contributed by atoms with E-state index < -0.39 is 0 Å². The number of nitrogens with one attached hydrogen (secondary N) is 1. The van der Waals surface area contributed by atoms with Crippen molar-refractivity contribution in [2.24, 2.45) is 0 Å². The van der Waals surface area contributed by atoms with Gasteiger partial charge in [0.1, 0.15) is 0 Å². The maximum Gasteiger partial charge on any atom is 0.0693 e. The molecule has 1 fully saturated rings. The third kappa shape index (κ3) is 3.82. The lowest BCUT2D eigenvalue weighted by Gasteiger charge is -2.26. The van der Waals surface area contributed by atoms with E-state index in [1.807, 2.05) is 16.9 Å². The summed E-state index contributed by atoms with van der Waals surface area (Å²) in [4.78, 5) is 0. The Morgan fingerprint density at radius 3 is 3.00 bits per heavy atom. The Bertz CT molecular complexity index is 312. The highest BCUT2D eigenvalue weighted by Crippen LogP contribution is 2.18. The molecule has 4 nitrogen and oxygen atoms in total. The minimum atomic E-state index is -0.183. The van der Waals surface area contributed by atoms with Crippen LogP contribution in [0.4, 0.5) is 0 Å². The lowest BCUT2D eigenvalue weighted by Crippen LogP contribution is -2.45. The van der Waals surface area contributed by atoms with Crippen LogP contribution in [0.1, 0.15) is 39.0 Å². The van der Waals surface area contributed by atoms with Gasteiger partial charge in [0.05, 0.1) is 12.6 Å². The first-order chi connectivity index (χ1) is 8.25. The molecule has 1 heterocycles. The van der Waals surface area contributed by atoms with Crippen molar-refractivity contribution >= 4 is 0 Å². The van der Waals surface area contributed by atoms with Crippen LogP contribution in [-0.2, 0) is 6.54 Å². The SMILES string of the molecule is CC(Cn1cccn1)NC1CCCCCC1O. The Hall–Kier alpha value is -0.870. The van der Waals surface area contributed by atoms with Gasteiger partial charge >= 0.3 is 0 Å². The molecular weight excluding hydrogens is 214 g/mol. The average molecular weight is 237 g/mol. The molecule has 2 N–H and O–H groups in total. The van der Waals surface area contributed by atoms with Crippen molar-refractivity contribution in [1.82, 2.24) is 15.1 Å². The molecule has 1 aliphatic rings. The third-order valence-electron chi connectivity index (χ3n) is 3.50. The summed E-state index contributed by atoms with van der Waals surface area (Å²) >= 11 is 0. The summed E-state index contributed by atoms with van der Waals surface area (Å²) in [6.07, 6.45) is 9.25. The molecule has 0 aromatic carbocycles. The van der Waals surface area contributed by atoms with Crippen molar-refractivity contribution in [2.75, 3.05) is 0 Å². The number of hydrogen-bond acceptors (Lipinski definition) is 3. The quantitative estimate of drug-likeness (QED) is 0.781. The molecule has 0 bridgehead atoms. The summed E-state index contributed by atoms with van der Waals surface area (Å²) in [6, 6.07) is 2.53. The van der Waals surface area contributed by atoms with Crippen LogP contribution in [0, 0.1) is 0 Å². The number of aromatic nitrogens is 2. The first kappa shape index (κ1) is 12.6. The predicted octanol–water partition coefficient (Wildman–Crippen LogP) is 1.55. The first-order valence-corrected chi connectivity index (χ1v) is 6.67. The minimum Gasteiger partial charge on any atom is -0.392 e. The Morgan fingerprint density at radius 1 is 1.41 bits per heavy atom. The number of hydrogen-bond donors (Lipinski definition) is 2. The van der Waals surface area contributed by atoms with Crippen molar-refractivity contribution in [2.45, 2.75) is 63.8 Å². The zero-order valence-corrected chi connectivity index (χ0v) is 10.5. The van der Waals surface area contributed by atoms with E-state index in [2.05, 4.69) is 17.3 Å². The first-order valence-electron chi connectivity index (χ1n) is 6.67. The maximum atomic E-state index is 10.0. The van der Waals surface area contributed by atoms with Crippen molar-refractivity contribution in [3.63, 3.8) is 0 Å². The van der Waals surface area contributed by atoms with Gasteiger partial charge in [-0.05, 0) is 25.8 Å². The molecule has 1 saturated carbocycles. The Kier molecular flexibility index (Phi) is 4.57. The fraction of sp³-hybridized carbons (Fsp3) is 0.769. The number of nitrogens with zero attached hydrogens (tertiary/aromatic N) is 2. The average Bonchev–Trinajstić information content (AvgIpc) is 2.71. The molecule has 2 rings (SSSR count). The molecule has 3 unspecified atom stereocenters. The van der Waals surface area contributed by atoms with Crippen LogP contribution in [0.25, 0.3) is 0 Å². The highest BCUT2D eigenvalue weighted by molar-refractivity contribution is 4.83. The van der Waals surface area contributed by atoms with Crippen molar-refractivity contribution < 1.29 is 5.11 Å². The zero-order chi connectivity index (χ0) is 12.1. The van der Waals surface area contributed by atoms with Crippen molar-refractivity contribution in [3.05, 3.63) is 18.5 Å². The van der Waals surface area contributed by atoms with Crippen LogP contribution in [0.3, 0.4) is 0 Å². The summed E-state index contributed by atoms with van der Waals surface area (Å²) in [5.41, 5.74) is 0. The molecular formula is C13H23N3O. The Labute approximate surface area is 103 Å². The molecule has 0 saturated heterocycles. The molecule has 17 heavy (non-hydrogen) atoms. The molecule has 0 aliphatic heterocycles. The summed E-state index contributed by atoms with van der Waals surface area (Å²) in [6.45, 7) is 3.01. The monoisotopic (exact) mass is 237 g/mol. The van der Waals surface area contributed by atoms with E-state index in [9.17, 15) is 5.11 Å². The number of aliphatic hydroxyl groups excluding tert-OH is 1. The van der Waals surface area contributed by atoms with Crippen LogP contribution < -0.4 is 5.32 Å². The molecule has 4 heteroatoms. The molecule has 0 amide bonds. The van der Waals surface area contributed by atoms with Crippen LogP contribution >= 0.6 is 0 Å². The molecule has 1 aromatic heterocycles. The zero-order valence-electron chi connectivity index (χ0n) is 10.5. The normalized spacial score (nSPS) is 27.6. The maximum absolute atomic E-state index is 10.0. The molecule has 3 atom stereocenters. The minimum absolute atomic E-state index is 0.183. The van der Waals surface area contributed by atoms with Gasteiger partial charge in [-0.25, -0.2) is 0 Å². The van der Waals surface area contributed by atoms with Gasteiger partial charge in [0.25, 0.3) is 0 Å². The van der Waals surface area contributed by atoms with Gasteiger partial charge in [-0.15, -0.1) is 0 Å². The molecule has 1 aliphatic carbocycles. The van der Waals surface area contributed by atoms with Crippen molar-refractivity contribution in [3.8, 4) is 0 Å². The third-order valence-corrected chi connectivity index (χ3v) is 3.50. The van der Waals surface area contributed by atoms with Gasteiger partial charge in [0.2, 0.25) is 0 Å². The van der Waals surface area contributed by atoms with Gasteiger partial charge in [-0.3, -0.25) is 4.68 Å². The topological polar surface area (TPSA) is 50.1 Å². The van der Waals surface area contributed by atoms with Crippen LogP contribution in [-0.4, -0.2) is 33.1 Å². The second-order valence-electron chi connectivity index (χ2n) is 5.11. The summed E-state index contributed by atoms with van der Waals surface area (Å²) < 4.78 is 1.93. The van der Waals surface area contributed by atoms with Gasteiger partial charge in [0, 0.05) is 24.5 Å². The second kappa shape index (κ2) is 6.17. The number of aliphatic hydroxyl groups is 1.